The van der Waals surface area contributed by atoms with E-state index >= 15 is 0 Å². The van der Waals surface area contributed by atoms with Crippen molar-refractivity contribution in [3.8, 4) is 0 Å². The van der Waals surface area contributed by atoms with Crippen molar-refractivity contribution < 1.29 is 4.79 Å². The molecule has 0 saturated heterocycles. The molecule has 0 spiro atoms. The summed E-state index contributed by atoms with van der Waals surface area (Å²) >= 11 is 0. The summed E-state index contributed by atoms with van der Waals surface area (Å²) in [5.41, 5.74) is 2.04. The standard InChI is InChI=1S/C11H13NO/c1-9-6-7-11(8-12-9)5-3-4-10(2)13/h3,5-8H,4H2,1-2H3/b5-3+. The molecule has 0 aliphatic heterocycles. The second-order valence-electron chi connectivity index (χ2n) is 3.04. The Bertz CT molecular complexity index is 311. The van der Waals surface area contributed by atoms with E-state index in [0.717, 1.165) is 11.3 Å². The smallest absolute Gasteiger partial charge is 0.133 e. The molecule has 0 aliphatic rings. The van der Waals surface area contributed by atoms with Crippen LogP contribution in [0.2, 0.25) is 0 Å². The van der Waals surface area contributed by atoms with Crippen LogP contribution in [0.5, 0.6) is 0 Å². The highest BCUT2D eigenvalue weighted by Crippen LogP contribution is 2.02. The van der Waals surface area contributed by atoms with Gasteiger partial charge >= 0.3 is 0 Å². The minimum absolute atomic E-state index is 0.177. The number of aromatic nitrogens is 1. The minimum atomic E-state index is 0.177. The normalized spacial score (nSPS) is 10.6. The summed E-state index contributed by atoms with van der Waals surface area (Å²) in [5, 5.41) is 0. The molecule has 1 heterocycles. The van der Waals surface area contributed by atoms with Crippen LogP contribution in [-0.4, -0.2) is 10.8 Å². The number of ketones is 1. The van der Waals surface area contributed by atoms with Crippen molar-refractivity contribution in [2.75, 3.05) is 0 Å². The molecule has 1 aromatic rings. The molecule has 0 unspecified atom stereocenters. The average Bonchev–Trinajstić information content (AvgIpc) is 2.08. The average molecular weight is 175 g/mol. The van der Waals surface area contributed by atoms with Crippen molar-refractivity contribution >= 4 is 11.9 Å². The van der Waals surface area contributed by atoms with Gasteiger partial charge in [0.25, 0.3) is 0 Å². The minimum Gasteiger partial charge on any atom is -0.300 e. The van der Waals surface area contributed by atoms with Gasteiger partial charge in [0.1, 0.15) is 5.78 Å². The Labute approximate surface area is 78.3 Å². The predicted molar refractivity (Wildman–Crippen MR) is 53.3 cm³/mol. The molecule has 2 nitrogen and oxygen atoms in total. The third-order valence-corrected chi connectivity index (χ3v) is 1.65. The van der Waals surface area contributed by atoms with Gasteiger partial charge in [-0.3, -0.25) is 9.78 Å². The number of rotatable bonds is 3. The maximum Gasteiger partial charge on any atom is 0.133 e. The lowest BCUT2D eigenvalue weighted by Crippen LogP contribution is -1.84. The molecule has 0 N–H and O–H groups in total. The molecule has 0 atom stereocenters. The van der Waals surface area contributed by atoms with Gasteiger partial charge in [0.2, 0.25) is 0 Å². The fraction of sp³-hybridized carbons (Fsp3) is 0.273. The number of carbonyl (C=O) groups excluding carboxylic acids is 1. The summed E-state index contributed by atoms with van der Waals surface area (Å²) in [6.07, 6.45) is 6.06. The van der Waals surface area contributed by atoms with Gasteiger partial charge in [0.05, 0.1) is 0 Å². The van der Waals surface area contributed by atoms with E-state index in [-0.39, 0.29) is 5.78 Å². The fourth-order valence-corrected chi connectivity index (χ4v) is 0.939. The van der Waals surface area contributed by atoms with Crippen molar-refractivity contribution in [2.45, 2.75) is 20.3 Å². The van der Waals surface area contributed by atoms with Crippen molar-refractivity contribution in [3.63, 3.8) is 0 Å². The van der Waals surface area contributed by atoms with Crippen LogP contribution >= 0.6 is 0 Å². The number of nitrogens with zero attached hydrogens (tertiary/aromatic N) is 1. The molecule has 0 fully saturated rings. The lowest BCUT2D eigenvalue weighted by molar-refractivity contribution is -0.116. The first kappa shape index (κ1) is 9.65. The van der Waals surface area contributed by atoms with E-state index in [4.69, 9.17) is 0 Å². The Kier molecular flexibility index (Phi) is 3.38. The molecule has 0 saturated carbocycles. The number of carbonyl (C=O) groups is 1. The van der Waals surface area contributed by atoms with Crippen LogP contribution in [-0.2, 0) is 4.79 Å². The molecule has 1 rings (SSSR count). The van der Waals surface area contributed by atoms with E-state index in [2.05, 4.69) is 4.98 Å². The van der Waals surface area contributed by atoms with Crippen LogP contribution in [0.3, 0.4) is 0 Å². The van der Waals surface area contributed by atoms with Gasteiger partial charge in [-0.25, -0.2) is 0 Å². The van der Waals surface area contributed by atoms with Crippen LogP contribution in [0, 0.1) is 6.92 Å². The van der Waals surface area contributed by atoms with E-state index in [1.54, 1.807) is 13.1 Å². The van der Waals surface area contributed by atoms with Crippen molar-refractivity contribution in [1.82, 2.24) is 4.98 Å². The number of hydrogen-bond acceptors (Lipinski definition) is 2. The van der Waals surface area contributed by atoms with Crippen LogP contribution in [0.15, 0.2) is 24.4 Å². The van der Waals surface area contributed by atoms with Gasteiger partial charge in [0.15, 0.2) is 0 Å². The topological polar surface area (TPSA) is 30.0 Å². The van der Waals surface area contributed by atoms with E-state index in [9.17, 15) is 4.79 Å². The van der Waals surface area contributed by atoms with E-state index in [1.807, 2.05) is 31.2 Å². The molecular formula is C11H13NO. The number of Topliss-reactive ketones (excluding diaryl/α,β-unsaturated/α-hetero) is 1. The molecular weight excluding hydrogens is 162 g/mol. The van der Waals surface area contributed by atoms with Crippen LogP contribution in [0.1, 0.15) is 24.6 Å². The lowest BCUT2D eigenvalue weighted by atomic mass is 10.2. The third kappa shape index (κ3) is 3.65. The van der Waals surface area contributed by atoms with Gasteiger partial charge in [-0.05, 0) is 25.5 Å². The van der Waals surface area contributed by atoms with Gasteiger partial charge in [-0.15, -0.1) is 0 Å². The Hall–Kier alpha value is -1.44. The largest absolute Gasteiger partial charge is 0.300 e. The van der Waals surface area contributed by atoms with Gasteiger partial charge in [-0.2, -0.15) is 0 Å². The Balaban J connectivity index is 2.59. The summed E-state index contributed by atoms with van der Waals surface area (Å²) in [7, 11) is 0. The second-order valence-corrected chi connectivity index (χ2v) is 3.04. The highest BCUT2D eigenvalue weighted by molar-refractivity contribution is 5.78. The quantitative estimate of drug-likeness (QED) is 0.706. The van der Waals surface area contributed by atoms with Crippen molar-refractivity contribution in [2.24, 2.45) is 0 Å². The number of allylic oxidation sites excluding steroid dienone is 1. The zero-order chi connectivity index (χ0) is 9.68. The maximum atomic E-state index is 10.6. The summed E-state index contributed by atoms with van der Waals surface area (Å²) < 4.78 is 0. The Morgan fingerprint density at radius 3 is 2.85 bits per heavy atom. The molecule has 0 radical (unpaired) electrons. The number of pyridine rings is 1. The molecule has 0 aromatic carbocycles. The molecule has 0 bridgehead atoms. The van der Waals surface area contributed by atoms with E-state index < -0.39 is 0 Å². The van der Waals surface area contributed by atoms with E-state index in [1.165, 1.54) is 0 Å². The SMILES string of the molecule is CC(=O)C/C=C/c1ccc(C)nc1. The molecule has 2 heteroatoms. The number of hydrogen-bond donors (Lipinski definition) is 0. The summed E-state index contributed by atoms with van der Waals surface area (Å²) in [5.74, 6) is 0.177. The van der Waals surface area contributed by atoms with Gasteiger partial charge < -0.3 is 0 Å². The Morgan fingerprint density at radius 1 is 1.54 bits per heavy atom. The van der Waals surface area contributed by atoms with Crippen molar-refractivity contribution in [3.05, 3.63) is 35.7 Å². The second kappa shape index (κ2) is 4.55. The van der Waals surface area contributed by atoms with Crippen molar-refractivity contribution in [1.29, 1.82) is 0 Å². The van der Waals surface area contributed by atoms with Crippen LogP contribution < -0.4 is 0 Å². The summed E-state index contributed by atoms with van der Waals surface area (Å²) in [6, 6.07) is 3.94. The fourth-order valence-electron chi connectivity index (χ4n) is 0.939. The monoisotopic (exact) mass is 175 g/mol. The highest BCUT2D eigenvalue weighted by atomic mass is 16.1. The molecule has 0 aliphatic carbocycles. The van der Waals surface area contributed by atoms with Gasteiger partial charge in [-0.1, -0.05) is 18.2 Å². The zero-order valence-electron chi connectivity index (χ0n) is 7.95. The molecule has 68 valence electrons. The maximum absolute atomic E-state index is 10.6. The summed E-state index contributed by atoms with van der Waals surface area (Å²) in [6.45, 7) is 3.53. The van der Waals surface area contributed by atoms with Gasteiger partial charge in [0, 0.05) is 18.3 Å². The molecule has 1 aromatic heterocycles. The summed E-state index contributed by atoms with van der Waals surface area (Å²) in [4.78, 5) is 14.8. The number of aryl methyl sites for hydroxylation is 1. The third-order valence-electron chi connectivity index (χ3n) is 1.65. The first-order chi connectivity index (χ1) is 6.18. The lowest BCUT2D eigenvalue weighted by Gasteiger charge is -1.93. The van der Waals surface area contributed by atoms with Crippen LogP contribution in [0.25, 0.3) is 6.08 Å². The zero-order valence-corrected chi connectivity index (χ0v) is 7.95. The van der Waals surface area contributed by atoms with Crippen LogP contribution in [0.4, 0.5) is 0 Å². The molecule has 13 heavy (non-hydrogen) atoms. The van der Waals surface area contributed by atoms with E-state index in [0.29, 0.717) is 6.42 Å². The predicted octanol–water partition coefficient (Wildman–Crippen LogP) is 2.38. The Morgan fingerprint density at radius 2 is 2.31 bits per heavy atom. The first-order valence-electron chi connectivity index (χ1n) is 4.27. The highest BCUT2D eigenvalue weighted by Gasteiger charge is 1.88. The first-order valence-corrected chi connectivity index (χ1v) is 4.27. The molecule has 0 amide bonds.